The Morgan fingerprint density at radius 3 is 1.82 bits per heavy atom. The van der Waals surface area contributed by atoms with Crippen LogP contribution in [0.1, 0.15) is 135 Å². The molecule has 0 spiro atoms. The van der Waals surface area contributed by atoms with Crippen molar-refractivity contribution >= 4 is 11.9 Å². The molecule has 0 amide bonds. The highest BCUT2D eigenvalue weighted by Crippen LogP contribution is 2.18. The predicted octanol–water partition coefficient (Wildman–Crippen LogP) is 8.08. The van der Waals surface area contributed by atoms with Crippen LogP contribution in [-0.4, -0.2) is 42.5 Å². The highest BCUT2D eigenvalue weighted by Gasteiger charge is 2.15. The van der Waals surface area contributed by atoms with E-state index in [0.29, 0.717) is 25.9 Å². The summed E-state index contributed by atoms with van der Waals surface area (Å²) in [6.45, 7) is 4.88. The molecule has 1 aromatic carbocycles. The Balaban J connectivity index is 2.18. The first kappa shape index (κ1) is 35.1. The van der Waals surface area contributed by atoms with Gasteiger partial charge in [0.1, 0.15) is 18.8 Å². The molecule has 0 saturated heterocycles. The fraction of sp³-hybridized carbons (Fsp3) is 0.758. The summed E-state index contributed by atoms with van der Waals surface area (Å²) in [4.78, 5) is 24.5. The number of carbonyl (C=O) groups excluding carboxylic acids is 2. The Morgan fingerprint density at radius 2 is 1.23 bits per heavy atom. The molecule has 224 valence electrons. The third-order valence-corrected chi connectivity index (χ3v) is 6.93. The van der Waals surface area contributed by atoms with Crippen molar-refractivity contribution in [2.45, 2.75) is 148 Å². The van der Waals surface area contributed by atoms with Gasteiger partial charge in [0.2, 0.25) is 0 Å². The summed E-state index contributed by atoms with van der Waals surface area (Å²) in [5.41, 5.74) is 1.02. The van der Waals surface area contributed by atoms with E-state index in [4.69, 9.17) is 14.2 Å². The van der Waals surface area contributed by atoms with Crippen LogP contribution in [0.2, 0.25) is 0 Å². The Morgan fingerprint density at radius 1 is 0.692 bits per heavy atom. The summed E-state index contributed by atoms with van der Waals surface area (Å²) in [6, 6.07) is 9.71. The summed E-state index contributed by atoms with van der Waals surface area (Å²) in [6.07, 6.45) is 17.6. The molecule has 0 aromatic heterocycles. The van der Waals surface area contributed by atoms with Gasteiger partial charge < -0.3 is 19.3 Å². The van der Waals surface area contributed by atoms with Gasteiger partial charge in [-0.1, -0.05) is 108 Å². The first-order chi connectivity index (χ1) is 19.0. The van der Waals surface area contributed by atoms with Crippen molar-refractivity contribution in [3.63, 3.8) is 0 Å². The molecular weight excluding hydrogens is 492 g/mol. The average molecular weight is 549 g/mol. The molecule has 1 atom stereocenters. The molecule has 1 aromatic rings. The number of hydrogen-bond acceptors (Lipinski definition) is 6. The number of ether oxygens (including phenoxy) is 3. The highest BCUT2D eigenvalue weighted by atomic mass is 16.6. The quantitative estimate of drug-likeness (QED) is 0.0931. The Hall–Kier alpha value is -1.92. The van der Waals surface area contributed by atoms with E-state index < -0.39 is 6.10 Å². The Labute approximate surface area is 238 Å². The highest BCUT2D eigenvalue weighted by molar-refractivity contribution is 5.70. The molecule has 0 aliphatic heterocycles. The number of aliphatic hydroxyl groups is 1. The maximum Gasteiger partial charge on any atom is 0.306 e. The molecular formula is C33H56O6. The predicted molar refractivity (Wildman–Crippen MR) is 157 cm³/mol. The molecule has 0 bridgehead atoms. The van der Waals surface area contributed by atoms with Gasteiger partial charge in [0.05, 0.1) is 13.2 Å². The second-order valence-electron chi connectivity index (χ2n) is 10.8. The molecule has 6 heteroatoms. The number of rotatable bonds is 26. The van der Waals surface area contributed by atoms with E-state index in [1.165, 1.54) is 64.2 Å². The summed E-state index contributed by atoms with van der Waals surface area (Å²) < 4.78 is 16.5. The molecule has 0 aliphatic carbocycles. The summed E-state index contributed by atoms with van der Waals surface area (Å²) in [5.74, 6) is -0.522. The van der Waals surface area contributed by atoms with Crippen molar-refractivity contribution in [3.05, 3.63) is 35.9 Å². The lowest BCUT2D eigenvalue weighted by Crippen LogP contribution is -2.23. The summed E-state index contributed by atoms with van der Waals surface area (Å²) >= 11 is 0. The molecule has 1 N–H and O–H groups in total. The largest absolute Gasteiger partial charge is 0.463 e. The van der Waals surface area contributed by atoms with E-state index in [1.54, 1.807) is 0 Å². The summed E-state index contributed by atoms with van der Waals surface area (Å²) in [5, 5.41) is 9.97. The molecule has 0 unspecified atom stereocenters. The second-order valence-corrected chi connectivity index (χ2v) is 10.8. The standard InChI is InChI=1S/C33H56O6/c1-3-5-7-9-11-16-22-31(23-17-12-10-8-6-4-2)39-33(36)25-19-18-24-32(35)38-28-30(34)27-37-26-29-20-14-13-15-21-29/h13-15,20-21,30-31,34H,3-12,16-19,22-28H2,1-2H3/t30-/m1/s1. The zero-order chi connectivity index (χ0) is 28.4. The van der Waals surface area contributed by atoms with Crippen LogP contribution < -0.4 is 0 Å². The van der Waals surface area contributed by atoms with Gasteiger partial charge in [0.15, 0.2) is 0 Å². The van der Waals surface area contributed by atoms with Crippen molar-refractivity contribution < 1.29 is 28.9 Å². The molecule has 0 heterocycles. The number of unbranched alkanes of at least 4 members (excludes halogenated alkanes) is 11. The average Bonchev–Trinajstić information content (AvgIpc) is 2.94. The van der Waals surface area contributed by atoms with Gasteiger partial charge in [0, 0.05) is 12.8 Å². The first-order valence-corrected chi connectivity index (χ1v) is 15.7. The van der Waals surface area contributed by atoms with E-state index >= 15 is 0 Å². The SMILES string of the molecule is CCCCCCCCC(CCCCCCCC)OC(=O)CCCCC(=O)OC[C@H](O)COCc1ccccc1. The molecule has 6 nitrogen and oxygen atoms in total. The van der Waals surface area contributed by atoms with E-state index in [2.05, 4.69) is 13.8 Å². The smallest absolute Gasteiger partial charge is 0.306 e. The molecule has 0 saturated carbocycles. The van der Waals surface area contributed by atoms with E-state index in [9.17, 15) is 14.7 Å². The lowest BCUT2D eigenvalue weighted by Gasteiger charge is -2.18. The topological polar surface area (TPSA) is 82.1 Å². The molecule has 39 heavy (non-hydrogen) atoms. The van der Waals surface area contributed by atoms with Crippen LogP contribution >= 0.6 is 0 Å². The van der Waals surface area contributed by atoms with Crippen LogP contribution in [0.3, 0.4) is 0 Å². The van der Waals surface area contributed by atoms with Crippen LogP contribution in [0.25, 0.3) is 0 Å². The fourth-order valence-electron chi connectivity index (χ4n) is 4.55. The van der Waals surface area contributed by atoms with Gasteiger partial charge in [-0.3, -0.25) is 9.59 Å². The van der Waals surface area contributed by atoms with Crippen LogP contribution in [0, 0.1) is 0 Å². The normalized spacial score (nSPS) is 12.0. The third-order valence-electron chi connectivity index (χ3n) is 6.93. The lowest BCUT2D eigenvalue weighted by atomic mass is 10.0. The van der Waals surface area contributed by atoms with Crippen molar-refractivity contribution in [1.29, 1.82) is 0 Å². The molecule has 1 rings (SSSR count). The molecule has 0 fully saturated rings. The number of benzene rings is 1. The van der Waals surface area contributed by atoms with Gasteiger partial charge in [-0.05, 0) is 44.1 Å². The maximum absolute atomic E-state index is 12.5. The Bertz CT molecular complexity index is 691. The van der Waals surface area contributed by atoms with Gasteiger partial charge in [0.25, 0.3) is 0 Å². The van der Waals surface area contributed by atoms with Gasteiger partial charge in [-0.25, -0.2) is 0 Å². The number of esters is 2. The fourth-order valence-corrected chi connectivity index (χ4v) is 4.55. The van der Waals surface area contributed by atoms with E-state index in [-0.39, 0.29) is 37.7 Å². The second kappa shape index (κ2) is 25.1. The van der Waals surface area contributed by atoms with E-state index in [0.717, 1.165) is 31.2 Å². The van der Waals surface area contributed by atoms with Gasteiger partial charge in [-0.15, -0.1) is 0 Å². The monoisotopic (exact) mass is 548 g/mol. The van der Waals surface area contributed by atoms with Crippen molar-refractivity contribution in [2.24, 2.45) is 0 Å². The van der Waals surface area contributed by atoms with Gasteiger partial charge in [-0.2, -0.15) is 0 Å². The first-order valence-electron chi connectivity index (χ1n) is 15.7. The zero-order valence-electron chi connectivity index (χ0n) is 24.9. The zero-order valence-corrected chi connectivity index (χ0v) is 24.9. The number of hydrogen-bond donors (Lipinski definition) is 1. The maximum atomic E-state index is 12.5. The van der Waals surface area contributed by atoms with E-state index in [1.807, 2.05) is 30.3 Å². The molecule has 0 aliphatic rings. The van der Waals surface area contributed by atoms with Crippen molar-refractivity contribution in [2.75, 3.05) is 13.2 Å². The lowest BCUT2D eigenvalue weighted by molar-refractivity contribution is -0.151. The minimum absolute atomic E-state index is 0.0189. The van der Waals surface area contributed by atoms with Crippen molar-refractivity contribution in [1.82, 2.24) is 0 Å². The minimum atomic E-state index is -0.858. The van der Waals surface area contributed by atoms with Crippen LogP contribution in [0.4, 0.5) is 0 Å². The summed E-state index contributed by atoms with van der Waals surface area (Å²) in [7, 11) is 0. The van der Waals surface area contributed by atoms with Gasteiger partial charge >= 0.3 is 11.9 Å². The third kappa shape index (κ3) is 21.6. The minimum Gasteiger partial charge on any atom is -0.463 e. The molecule has 0 radical (unpaired) electrons. The van der Waals surface area contributed by atoms with Crippen molar-refractivity contribution in [3.8, 4) is 0 Å². The van der Waals surface area contributed by atoms with Crippen LogP contribution in [0.15, 0.2) is 30.3 Å². The van der Waals surface area contributed by atoms with Crippen LogP contribution in [-0.2, 0) is 30.4 Å². The number of carbonyl (C=O) groups is 2. The Kier molecular flexibility index (Phi) is 22.6. The van der Waals surface area contributed by atoms with Crippen LogP contribution in [0.5, 0.6) is 0 Å². The number of aliphatic hydroxyl groups excluding tert-OH is 1.